The minimum absolute atomic E-state index is 0.0642. The second kappa shape index (κ2) is 6.33. The molecule has 0 spiro atoms. The molecule has 0 amide bonds. The lowest BCUT2D eigenvalue weighted by molar-refractivity contribution is 0.349. The van der Waals surface area contributed by atoms with Gasteiger partial charge in [0, 0.05) is 11.6 Å². The van der Waals surface area contributed by atoms with Crippen LogP contribution < -0.4 is 5.32 Å². The Bertz CT molecular complexity index is 377. The first-order chi connectivity index (χ1) is 8.72. The van der Waals surface area contributed by atoms with Crippen molar-refractivity contribution in [3.8, 4) is 0 Å². The van der Waals surface area contributed by atoms with Crippen LogP contribution in [-0.2, 0) is 0 Å². The van der Waals surface area contributed by atoms with Gasteiger partial charge in [0.25, 0.3) is 0 Å². The number of rotatable bonds is 5. The summed E-state index contributed by atoms with van der Waals surface area (Å²) in [7, 11) is 0. The van der Waals surface area contributed by atoms with Gasteiger partial charge in [0.2, 0.25) is 0 Å². The third-order valence-electron chi connectivity index (χ3n) is 4.06. The molecule has 1 fully saturated rings. The molecular weight excluding hydrogens is 225 g/mol. The Balaban J connectivity index is 2.17. The van der Waals surface area contributed by atoms with Crippen LogP contribution in [0.25, 0.3) is 0 Å². The molecular formula is C16H24FN. The normalized spacial score (nSPS) is 25.3. The van der Waals surface area contributed by atoms with Gasteiger partial charge in [-0.25, -0.2) is 4.39 Å². The van der Waals surface area contributed by atoms with E-state index < -0.39 is 0 Å². The third-order valence-corrected chi connectivity index (χ3v) is 4.06. The van der Waals surface area contributed by atoms with Crippen LogP contribution in [0.3, 0.4) is 0 Å². The van der Waals surface area contributed by atoms with Crippen molar-refractivity contribution in [1.29, 1.82) is 0 Å². The topological polar surface area (TPSA) is 12.0 Å². The standard InChI is InChI=1S/C16H24FN/c1-3-10-18-16(13-9-8-12(2)11-13)14-6-4-5-7-15(14)17/h4-7,12-13,16,18H,3,8-11H2,1-2H3. The van der Waals surface area contributed by atoms with E-state index in [2.05, 4.69) is 19.2 Å². The van der Waals surface area contributed by atoms with Crippen molar-refractivity contribution in [2.24, 2.45) is 11.8 Å². The summed E-state index contributed by atoms with van der Waals surface area (Å²) in [5, 5.41) is 3.55. The molecule has 3 atom stereocenters. The van der Waals surface area contributed by atoms with Crippen molar-refractivity contribution < 1.29 is 4.39 Å². The van der Waals surface area contributed by atoms with Gasteiger partial charge in [-0.15, -0.1) is 0 Å². The first kappa shape index (κ1) is 13.5. The molecule has 0 radical (unpaired) electrons. The molecule has 1 aliphatic rings. The van der Waals surface area contributed by atoms with Gasteiger partial charge in [0.05, 0.1) is 0 Å². The van der Waals surface area contributed by atoms with Crippen LogP contribution in [-0.4, -0.2) is 6.54 Å². The Morgan fingerprint density at radius 2 is 2.11 bits per heavy atom. The molecule has 2 heteroatoms. The van der Waals surface area contributed by atoms with E-state index in [-0.39, 0.29) is 11.9 Å². The largest absolute Gasteiger partial charge is 0.310 e. The summed E-state index contributed by atoms with van der Waals surface area (Å²) in [6.45, 7) is 5.42. The lowest BCUT2D eigenvalue weighted by Gasteiger charge is -2.26. The minimum Gasteiger partial charge on any atom is -0.310 e. The second-order valence-electron chi connectivity index (χ2n) is 5.63. The van der Waals surface area contributed by atoms with E-state index in [1.807, 2.05) is 12.1 Å². The van der Waals surface area contributed by atoms with Crippen molar-refractivity contribution in [1.82, 2.24) is 5.32 Å². The summed E-state index contributed by atoms with van der Waals surface area (Å²) in [4.78, 5) is 0. The average molecular weight is 249 g/mol. The second-order valence-corrected chi connectivity index (χ2v) is 5.63. The number of hydrogen-bond acceptors (Lipinski definition) is 1. The fourth-order valence-electron chi connectivity index (χ4n) is 3.11. The highest BCUT2D eigenvalue weighted by molar-refractivity contribution is 5.22. The van der Waals surface area contributed by atoms with Crippen molar-refractivity contribution in [3.05, 3.63) is 35.6 Å². The molecule has 1 nitrogen and oxygen atoms in total. The zero-order valence-electron chi connectivity index (χ0n) is 11.5. The van der Waals surface area contributed by atoms with Crippen molar-refractivity contribution in [2.75, 3.05) is 6.54 Å². The van der Waals surface area contributed by atoms with Crippen molar-refractivity contribution in [3.63, 3.8) is 0 Å². The van der Waals surface area contributed by atoms with Gasteiger partial charge >= 0.3 is 0 Å². The van der Waals surface area contributed by atoms with E-state index in [9.17, 15) is 4.39 Å². The highest BCUT2D eigenvalue weighted by atomic mass is 19.1. The van der Waals surface area contributed by atoms with Crippen molar-refractivity contribution in [2.45, 2.75) is 45.6 Å². The van der Waals surface area contributed by atoms with Crippen LogP contribution in [0.5, 0.6) is 0 Å². The van der Waals surface area contributed by atoms with Gasteiger partial charge in [-0.3, -0.25) is 0 Å². The molecule has 2 rings (SSSR count). The van der Waals surface area contributed by atoms with Gasteiger partial charge < -0.3 is 5.32 Å². The molecule has 0 heterocycles. The molecule has 1 aliphatic carbocycles. The number of nitrogens with one attached hydrogen (secondary N) is 1. The third kappa shape index (κ3) is 3.11. The van der Waals surface area contributed by atoms with Crippen LogP contribution >= 0.6 is 0 Å². The van der Waals surface area contributed by atoms with Gasteiger partial charge in [0.15, 0.2) is 0 Å². The molecule has 1 aromatic carbocycles. The molecule has 18 heavy (non-hydrogen) atoms. The van der Waals surface area contributed by atoms with E-state index in [4.69, 9.17) is 0 Å². The van der Waals surface area contributed by atoms with E-state index in [0.29, 0.717) is 5.92 Å². The highest BCUT2D eigenvalue weighted by Gasteiger charge is 2.30. The summed E-state index contributed by atoms with van der Waals surface area (Å²) < 4.78 is 14.0. The Morgan fingerprint density at radius 3 is 2.72 bits per heavy atom. The predicted octanol–water partition coefficient (Wildman–Crippen LogP) is 4.30. The van der Waals surface area contributed by atoms with Crippen LogP contribution in [0, 0.1) is 17.7 Å². The molecule has 1 aromatic rings. The Hall–Kier alpha value is -0.890. The predicted molar refractivity (Wildman–Crippen MR) is 73.9 cm³/mol. The summed E-state index contributed by atoms with van der Waals surface area (Å²) in [6.07, 6.45) is 4.81. The van der Waals surface area contributed by atoms with Crippen LogP contribution in [0.2, 0.25) is 0 Å². The highest BCUT2D eigenvalue weighted by Crippen LogP contribution is 2.39. The average Bonchev–Trinajstić information content (AvgIpc) is 2.78. The summed E-state index contributed by atoms with van der Waals surface area (Å²) >= 11 is 0. The van der Waals surface area contributed by atoms with E-state index in [1.54, 1.807) is 12.1 Å². The Morgan fingerprint density at radius 1 is 1.33 bits per heavy atom. The maximum atomic E-state index is 14.0. The molecule has 1 saturated carbocycles. The van der Waals surface area contributed by atoms with Crippen LogP contribution in [0.15, 0.2) is 24.3 Å². The molecule has 100 valence electrons. The van der Waals surface area contributed by atoms with Gasteiger partial charge in [-0.1, -0.05) is 38.5 Å². The van der Waals surface area contributed by atoms with E-state index >= 15 is 0 Å². The maximum Gasteiger partial charge on any atom is 0.127 e. The van der Waals surface area contributed by atoms with E-state index in [1.165, 1.54) is 19.3 Å². The smallest absolute Gasteiger partial charge is 0.127 e. The monoisotopic (exact) mass is 249 g/mol. The summed E-state index contributed by atoms with van der Waals surface area (Å²) in [6, 6.07) is 7.42. The molecule has 3 unspecified atom stereocenters. The molecule has 1 N–H and O–H groups in total. The minimum atomic E-state index is -0.0642. The van der Waals surface area contributed by atoms with Gasteiger partial charge in [-0.05, 0) is 43.7 Å². The van der Waals surface area contributed by atoms with Crippen LogP contribution in [0.4, 0.5) is 4.39 Å². The zero-order chi connectivity index (χ0) is 13.0. The Labute approximate surface area is 110 Å². The molecule has 0 aliphatic heterocycles. The first-order valence-corrected chi connectivity index (χ1v) is 7.20. The number of halogens is 1. The van der Waals surface area contributed by atoms with E-state index in [0.717, 1.165) is 24.4 Å². The lowest BCUT2D eigenvalue weighted by atomic mass is 9.90. The fraction of sp³-hybridized carbons (Fsp3) is 0.625. The quantitative estimate of drug-likeness (QED) is 0.820. The van der Waals surface area contributed by atoms with Crippen molar-refractivity contribution >= 4 is 0 Å². The number of hydrogen-bond donors (Lipinski definition) is 1. The maximum absolute atomic E-state index is 14.0. The summed E-state index contributed by atoms with van der Waals surface area (Å²) in [5.41, 5.74) is 0.852. The molecule has 0 bridgehead atoms. The Kier molecular flexibility index (Phi) is 4.76. The summed E-state index contributed by atoms with van der Waals surface area (Å²) in [5.74, 6) is 1.31. The van der Waals surface area contributed by atoms with Crippen LogP contribution in [0.1, 0.15) is 51.1 Å². The fourth-order valence-corrected chi connectivity index (χ4v) is 3.11. The number of benzene rings is 1. The first-order valence-electron chi connectivity index (χ1n) is 7.20. The van der Waals surface area contributed by atoms with Gasteiger partial charge in [-0.2, -0.15) is 0 Å². The lowest BCUT2D eigenvalue weighted by Crippen LogP contribution is -2.28. The molecule has 0 aromatic heterocycles. The zero-order valence-corrected chi connectivity index (χ0v) is 11.5. The van der Waals surface area contributed by atoms with Gasteiger partial charge in [0.1, 0.15) is 5.82 Å². The SMILES string of the molecule is CCCNC(c1ccccc1F)C1CCC(C)C1. The molecule has 0 saturated heterocycles.